The smallest absolute Gasteiger partial charge is 0.503 e. The molecule has 1 unspecified atom stereocenters. The van der Waals surface area contributed by atoms with Crippen LogP contribution in [-0.4, -0.2) is 31.0 Å². The Balaban J connectivity index is 2.46. The summed E-state index contributed by atoms with van der Waals surface area (Å²) >= 11 is 0. The van der Waals surface area contributed by atoms with E-state index in [-0.39, 0.29) is 16.8 Å². The van der Waals surface area contributed by atoms with Gasteiger partial charge in [0.1, 0.15) is 10.1 Å². The van der Waals surface area contributed by atoms with Crippen molar-refractivity contribution in [1.29, 1.82) is 0 Å². The van der Waals surface area contributed by atoms with Gasteiger partial charge in [-0.15, -0.1) is 8.78 Å². The molecule has 3 nitrogen and oxygen atoms in total. The zero-order valence-electron chi connectivity index (χ0n) is 14.0. The molecule has 0 amide bonds. The van der Waals surface area contributed by atoms with Crippen LogP contribution in [0.1, 0.15) is 0 Å². The molecule has 0 saturated carbocycles. The highest BCUT2D eigenvalue weighted by molar-refractivity contribution is 7.85. The summed E-state index contributed by atoms with van der Waals surface area (Å²) in [4.78, 5) is -1.13. The van der Waals surface area contributed by atoms with Crippen LogP contribution in [0.15, 0.2) is 47.4 Å². The Morgan fingerprint density at radius 1 is 0.733 bits per heavy atom. The number of benzene rings is 2. The van der Waals surface area contributed by atoms with Crippen LogP contribution in [0.25, 0.3) is 20.2 Å². The Morgan fingerprint density at radius 3 is 1.80 bits per heavy atom. The Morgan fingerprint density at radius 2 is 1.27 bits per heavy atom. The molecular weight excluding hydrogens is 475 g/mol. The lowest BCUT2D eigenvalue weighted by Crippen LogP contribution is -2.58. The second-order valence-corrected chi connectivity index (χ2v) is 9.46. The Bertz CT molecular complexity index is 1240. The van der Waals surface area contributed by atoms with Crippen molar-refractivity contribution >= 4 is 40.8 Å². The number of hydrogen-bond acceptors (Lipinski definition) is 3. The molecule has 0 bridgehead atoms. The fraction of sp³-hybridized carbons (Fsp3) is 0.250. The SMILES string of the molecule is O=S(=O)([O-])c1ccc2c3ccccc3[s+](C(F)(F)C(F)(F)C(F)(F)C(F)(F)F)c2c1. The first-order chi connectivity index (χ1) is 13.4. The molecule has 0 N–H and O–H groups in total. The number of rotatable bonds is 4. The largest absolute Gasteiger partial charge is 0.744 e. The summed E-state index contributed by atoms with van der Waals surface area (Å²) in [6.45, 7) is 0. The van der Waals surface area contributed by atoms with E-state index in [0.717, 1.165) is 24.3 Å². The fourth-order valence-corrected chi connectivity index (χ4v) is 5.80. The molecular formula is C16H7F9O3S2. The Labute approximate surface area is 164 Å². The maximum absolute atomic E-state index is 14.8. The highest BCUT2D eigenvalue weighted by Crippen LogP contribution is 2.64. The number of halogens is 9. The van der Waals surface area contributed by atoms with Crippen molar-refractivity contribution in [2.75, 3.05) is 0 Å². The molecule has 1 heterocycles. The molecule has 0 saturated heterocycles. The Kier molecular flexibility index (Phi) is 4.88. The van der Waals surface area contributed by atoms with E-state index in [1.165, 1.54) is 6.07 Å². The van der Waals surface area contributed by atoms with Crippen molar-refractivity contribution in [3.63, 3.8) is 0 Å². The van der Waals surface area contributed by atoms with Crippen molar-refractivity contribution in [3.05, 3.63) is 42.5 Å². The molecule has 2 aromatic carbocycles. The van der Waals surface area contributed by atoms with Crippen LogP contribution in [0.2, 0.25) is 0 Å². The molecule has 30 heavy (non-hydrogen) atoms. The van der Waals surface area contributed by atoms with Gasteiger partial charge in [-0.2, -0.15) is 30.7 Å². The zero-order chi connectivity index (χ0) is 22.9. The highest BCUT2D eigenvalue weighted by Gasteiger charge is 2.86. The topological polar surface area (TPSA) is 57.2 Å². The minimum Gasteiger partial charge on any atom is -0.744 e. The molecule has 0 aliphatic rings. The van der Waals surface area contributed by atoms with E-state index in [2.05, 4.69) is 0 Å². The normalized spacial score (nSPS) is 15.2. The van der Waals surface area contributed by atoms with Gasteiger partial charge in [0.25, 0.3) is 0 Å². The van der Waals surface area contributed by atoms with Crippen molar-refractivity contribution < 1.29 is 52.5 Å². The molecule has 0 radical (unpaired) electrons. The maximum atomic E-state index is 14.8. The van der Waals surface area contributed by atoms with Crippen molar-refractivity contribution in [2.24, 2.45) is 0 Å². The third-order valence-corrected chi connectivity index (χ3v) is 7.40. The molecule has 0 aliphatic heterocycles. The molecule has 3 aromatic rings. The lowest BCUT2D eigenvalue weighted by molar-refractivity contribution is -0.390. The average molecular weight is 482 g/mol. The summed E-state index contributed by atoms with van der Waals surface area (Å²) in [5.41, 5.74) is 0. The van der Waals surface area contributed by atoms with Crippen LogP contribution in [0.5, 0.6) is 0 Å². The predicted molar refractivity (Wildman–Crippen MR) is 88.0 cm³/mol. The summed E-state index contributed by atoms with van der Waals surface area (Å²) in [5, 5.41) is -6.50. The quantitative estimate of drug-likeness (QED) is 0.259. The number of thiophene rings is 1. The van der Waals surface area contributed by atoms with Crippen LogP contribution >= 0.6 is 10.5 Å². The number of fused-ring (bicyclic) bond motifs is 3. The van der Waals surface area contributed by atoms with Gasteiger partial charge in [-0.25, -0.2) is 8.42 Å². The molecule has 14 heteroatoms. The van der Waals surface area contributed by atoms with Crippen molar-refractivity contribution in [1.82, 2.24) is 0 Å². The van der Waals surface area contributed by atoms with Gasteiger partial charge < -0.3 is 4.55 Å². The molecule has 0 spiro atoms. The average Bonchev–Trinajstić information content (AvgIpc) is 2.93. The predicted octanol–water partition coefficient (Wildman–Crippen LogP) is 6.03. The lowest BCUT2D eigenvalue weighted by Gasteiger charge is -2.29. The Hall–Kier alpha value is -2.06. The monoisotopic (exact) mass is 482 g/mol. The minimum atomic E-state index is -7.10. The minimum absolute atomic E-state index is 0.198. The fourth-order valence-electron chi connectivity index (χ4n) is 2.80. The van der Waals surface area contributed by atoms with Crippen LogP contribution in [-0.2, 0) is 15.4 Å². The van der Waals surface area contributed by atoms with E-state index in [9.17, 15) is 52.5 Å². The first-order valence-corrected chi connectivity index (χ1v) is 10.2. The van der Waals surface area contributed by atoms with Crippen LogP contribution < -0.4 is 0 Å². The van der Waals surface area contributed by atoms with Gasteiger partial charge in [0.2, 0.25) is 0 Å². The van der Waals surface area contributed by atoms with E-state index in [1.807, 2.05) is 0 Å². The van der Waals surface area contributed by atoms with E-state index in [4.69, 9.17) is 0 Å². The molecule has 1 aromatic heterocycles. The summed E-state index contributed by atoms with van der Waals surface area (Å²) in [7, 11) is -8.72. The van der Waals surface area contributed by atoms with E-state index >= 15 is 0 Å². The van der Waals surface area contributed by atoms with Gasteiger partial charge in [-0.1, -0.05) is 12.1 Å². The summed E-state index contributed by atoms with van der Waals surface area (Å²) < 4.78 is 154. The molecule has 3 rings (SSSR count). The van der Waals surface area contributed by atoms with Gasteiger partial charge in [-0.05, 0) is 24.3 Å². The zero-order valence-corrected chi connectivity index (χ0v) is 15.6. The number of hydrogen-bond donors (Lipinski definition) is 0. The number of alkyl halides is 9. The lowest BCUT2D eigenvalue weighted by atomic mass is 10.1. The van der Waals surface area contributed by atoms with Crippen molar-refractivity contribution in [2.45, 2.75) is 28.2 Å². The van der Waals surface area contributed by atoms with Crippen LogP contribution in [0.4, 0.5) is 39.5 Å². The molecule has 1 atom stereocenters. The molecule has 164 valence electrons. The third kappa shape index (κ3) is 3.03. The third-order valence-electron chi connectivity index (χ3n) is 4.23. The molecule has 0 fully saturated rings. The highest BCUT2D eigenvalue weighted by atomic mass is 32.2. The first-order valence-electron chi connectivity index (χ1n) is 7.58. The first kappa shape index (κ1) is 22.6. The summed E-state index contributed by atoms with van der Waals surface area (Å²) in [6.07, 6.45) is -6.99. The van der Waals surface area contributed by atoms with Gasteiger partial charge in [0.05, 0.1) is 15.4 Å². The van der Waals surface area contributed by atoms with E-state index < -0.39 is 58.2 Å². The second-order valence-electron chi connectivity index (χ2n) is 6.08. The standard InChI is InChI=1S/C16H7F9O3S2/c17-13(18,15(21,22)23)14(19,20)16(24,25)29-11-4-2-1-3-9(11)10-6-5-8(7-12(10)29)30(26,27)28/h1-7H. The van der Waals surface area contributed by atoms with Crippen LogP contribution in [0.3, 0.4) is 0 Å². The van der Waals surface area contributed by atoms with Gasteiger partial charge >= 0.3 is 23.3 Å². The summed E-state index contributed by atoms with van der Waals surface area (Å²) in [5.74, 6) is -14.0. The van der Waals surface area contributed by atoms with E-state index in [0.29, 0.717) is 6.07 Å². The van der Waals surface area contributed by atoms with Gasteiger partial charge in [0.15, 0.2) is 9.40 Å². The second kappa shape index (κ2) is 6.47. The van der Waals surface area contributed by atoms with E-state index in [1.54, 1.807) is 0 Å². The van der Waals surface area contributed by atoms with Gasteiger partial charge in [-0.3, -0.25) is 0 Å². The maximum Gasteiger partial charge on any atom is 0.503 e. The van der Waals surface area contributed by atoms with Crippen LogP contribution in [0, 0.1) is 0 Å². The summed E-state index contributed by atoms with van der Waals surface area (Å²) in [6, 6.07) is 6.05. The van der Waals surface area contributed by atoms with Gasteiger partial charge in [0, 0.05) is 16.8 Å². The van der Waals surface area contributed by atoms with Crippen molar-refractivity contribution in [3.8, 4) is 0 Å². The molecule has 0 aliphatic carbocycles.